The maximum Gasteiger partial charge on any atom is 0.321 e. The molecule has 1 saturated heterocycles. The van der Waals surface area contributed by atoms with Crippen LogP contribution in [-0.4, -0.2) is 55.0 Å². The number of nitrogens with zero attached hydrogens (tertiary/aromatic N) is 1. The van der Waals surface area contributed by atoms with Crippen LogP contribution in [0.3, 0.4) is 0 Å². The molecule has 0 aromatic heterocycles. The summed E-state index contributed by atoms with van der Waals surface area (Å²) in [5.41, 5.74) is 1.04. The lowest BCUT2D eigenvalue weighted by molar-refractivity contribution is -0.125. The zero-order valence-corrected chi connectivity index (χ0v) is 20.4. The van der Waals surface area contributed by atoms with Gasteiger partial charge in [0.2, 0.25) is 5.91 Å². The van der Waals surface area contributed by atoms with Gasteiger partial charge in [-0.05, 0) is 69.0 Å². The Balaban J connectivity index is 1.65. The number of amides is 4. The molecule has 1 heterocycles. The highest BCUT2D eigenvalue weighted by molar-refractivity contribution is 6.30. The number of likely N-dealkylation sites (tertiary alicyclic amines) is 1. The summed E-state index contributed by atoms with van der Waals surface area (Å²) >= 11 is 5.99. The van der Waals surface area contributed by atoms with Crippen LogP contribution in [0.15, 0.2) is 48.5 Å². The van der Waals surface area contributed by atoms with Crippen molar-refractivity contribution >= 4 is 35.1 Å². The second-order valence-corrected chi connectivity index (χ2v) is 9.05. The summed E-state index contributed by atoms with van der Waals surface area (Å²) < 4.78 is 5.20. The van der Waals surface area contributed by atoms with Crippen molar-refractivity contribution in [2.75, 3.05) is 25.5 Å². The standard InChI is InChI=1S/C25H31ClN4O4/c1-16(2)27-24(32)22(29-23(31)18-6-4-9-21(14-18)34-3)17-10-12-30(13-11-17)25(33)28-20-8-5-7-19(26)15-20/h4-9,14-17,22H,10-13H2,1-3H3,(H,27,32)(H,28,33)(H,29,31)/t22-/m1/s1. The minimum Gasteiger partial charge on any atom is -0.497 e. The lowest BCUT2D eigenvalue weighted by atomic mass is 9.88. The highest BCUT2D eigenvalue weighted by atomic mass is 35.5. The van der Waals surface area contributed by atoms with Gasteiger partial charge in [-0.3, -0.25) is 9.59 Å². The largest absolute Gasteiger partial charge is 0.497 e. The smallest absolute Gasteiger partial charge is 0.321 e. The molecule has 34 heavy (non-hydrogen) atoms. The first-order chi connectivity index (χ1) is 16.3. The van der Waals surface area contributed by atoms with Gasteiger partial charge in [-0.15, -0.1) is 0 Å². The SMILES string of the molecule is COc1cccc(C(=O)N[C@@H](C(=O)NC(C)C)C2CCN(C(=O)Nc3cccc(Cl)c3)CC2)c1. The molecule has 0 aliphatic carbocycles. The van der Waals surface area contributed by atoms with E-state index in [2.05, 4.69) is 16.0 Å². The Morgan fingerprint density at radius 3 is 2.38 bits per heavy atom. The molecular formula is C25H31ClN4O4. The number of carbonyl (C=O) groups is 3. The van der Waals surface area contributed by atoms with Gasteiger partial charge >= 0.3 is 6.03 Å². The van der Waals surface area contributed by atoms with Gasteiger partial charge in [0, 0.05) is 35.4 Å². The molecule has 0 saturated carbocycles. The highest BCUT2D eigenvalue weighted by Crippen LogP contribution is 2.23. The maximum absolute atomic E-state index is 13.0. The molecule has 1 aliphatic heterocycles. The minimum atomic E-state index is -0.709. The van der Waals surface area contributed by atoms with E-state index in [0.29, 0.717) is 48.0 Å². The van der Waals surface area contributed by atoms with Crippen LogP contribution in [0.2, 0.25) is 5.02 Å². The molecule has 9 heteroatoms. The van der Waals surface area contributed by atoms with Gasteiger partial charge in [0.25, 0.3) is 5.91 Å². The first kappa shape index (κ1) is 25.4. The fraction of sp³-hybridized carbons (Fsp3) is 0.400. The molecule has 0 spiro atoms. The third kappa shape index (κ3) is 6.87. The third-order valence-electron chi connectivity index (χ3n) is 5.71. The van der Waals surface area contributed by atoms with Gasteiger partial charge in [0.1, 0.15) is 11.8 Å². The Morgan fingerprint density at radius 2 is 1.74 bits per heavy atom. The van der Waals surface area contributed by atoms with E-state index in [0.717, 1.165) is 0 Å². The van der Waals surface area contributed by atoms with Crippen LogP contribution in [0, 0.1) is 5.92 Å². The highest BCUT2D eigenvalue weighted by Gasteiger charge is 2.34. The normalized spacial score (nSPS) is 14.9. The summed E-state index contributed by atoms with van der Waals surface area (Å²) in [6, 6.07) is 12.8. The Hall–Kier alpha value is -3.26. The Kier molecular flexibility index (Phi) is 8.76. The second kappa shape index (κ2) is 11.7. The van der Waals surface area contributed by atoms with Crippen LogP contribution in [-0.2, 0) is 4.79 Å². The van der Waals surface area contributed by atoms with E-state index in [9.17, 15) is 14.4 Å². The molecule has 1 atom stereocenters. The summed E-state index contributed by atoms with van der Waals surface area (Å²) in [7, 11) is 1.53. The van der Waals surface area contributed by atoms with E-state index in [1.165, 1.54) is 7.11 Å². The number of methoxy groups -OCH3 is 1. The Morgan fingerprint density at radius 1 is 1.03 bits per heavy atom. The van der Waals surface area contributed by atoms with E-state index < -0.39 is 6.04 Å². The van der Waals surface area contributed by atoms with Crippen molar-refractivity contribution in [3.8, 4) is 5.75 Å². The number of ether oxygens (including phenoxy) is 1. The predicted octanol–water partition coefficient (Wildman–Crippen LogP) is 3.92. The summed E-state index contributed by atoms with van der Waals surface area (Å²) in [6.07, 6.45) is 1.16. The molecule has 1 aliphatic rings. The number of rotatable bonds is 7. The van der Waals surface area contributed by atoms with E-state index in [4.69, 9.17) is 16.3 Å². The number of nitrogens with one attached hydrogen (secondary N) is 3. The average molecular weight is 487 g/mol. The number of urea groups is 1. The molecule has 0 radical (unpaired) electrons. The lowest BCUT2D eigenvalue weighted by Gasteiger charge is -2.36. The quantitative estimate of drug-likeness (QED) is 0.552. The first-order valence-corrected chi connectivity index (χ1v) is 11.7. The molecule has 3 N–H and O–H groups in total. The van der Waals surface area contributed by atoms with Gasteiger partial charge in [0.15, 0.2) is 0 Å². The van der Waals surface area contributed by atoms with Crippen LogP contribution in [0.25, 0.3) is 0 Å². The number of hydrogen-bond donors (Lipinski definition) is 3. The molecule has 0 bridgehead atoms. The van der Waals surface area contributed by atoms with Crippen LogP contribution < -0.4 is 20.7 Å². The summed E-state index contributed by atoms with van der Waals surface area (Å²) in [5, 5.41) is 9.21. The van der Waals surface area contributed by atoms with E-state index in [1.54, 1.807) is 53.4 Å². The van der Waals surface area contributed by atoms with Crippen LogP contribution >= 0.6 is 11.6 Å². The van der Waals surface area contributed by atoms with Crippen LogP contribution in [0.4, 0.5) is 10.5 Å². The van der Waals surface area contributed by atoms with Crippen molar-refractivity contribution in [3.05, 3.63) is 59.1 Å². The second-order valence-electron chi connectivity index (χ2n) is 8.61. The number of benzene rings is 2. The molecule has 2 aromatic carbocycles. The first-order valence-electron chi connectivity index (χ1n) is 11.3. The van der Waals surface area contributed by atoms with Gasteiger partial charge in [0.05, 0.1) is 7.11 Å². The van der Waals surface area contributed by atoms with Crippen molar-refractivity contribution in [2.24, 2.45) is 5.92 Å². The van der Waals surface area contributed by atoms with Gasteiger partial charge in [-0.2, -0.15) is 0 Å². The lowest BCUT2D eigenvalue weighted by Crippen LogP contribution is -2.55. The molecule has 182 valence electrons. The predicted molar refractivity (Wildman–Crippen MR) is 132 cm³/mol. The molecular weight excluding hydrogens is 456 g/mol. The molecule has 3 rings (SSSR count). The minimum absolute atomic E-state index is 0.0627. The van der Waals surface area contributed by atoms with Gasteiger partial charge in [-0.1, -0.05) is 23.7 Å². The van der Waals surface area contributed by atoms with Crippen molar-refractivity contribution in [3.63, 3.8) is 0 Å². The van der Waals surface area contributed by atoms with Crippen LogP contribution in [0.1, 0.15) is 37.0 Å². The number of carbonyl (C=O) groups excluding carboxylic acids is 3. The third-order valence-corrected chi connectivity index (χ3v) is 5.94. The summed E-state index contributed by atoms with van der Waals surface area (Å²) in [6.45, 7) is 4.69. The zero-order chi connectivity index (χ0) is 24.7. The number of halogens is 1. The Labute approximate surface area is 205 Å². The number of piperidine rings is 1. The molecule has 0 unspecified atom stereocenters. The molecule has 2 aromatic rings. The van der Waals surface area contributed by atoms with E-state index in [1.807, 2.05) is 13.8 Å². The fourth-order valence-electron chi connectivity index (χ4n) is 3.97. The number of hydrogen-bond acceptors (Lipinski definition) is 4. The van der Waals surface area contributed by atoms with Crippen molar-refractivity contribution < 1.29 is 19.1 Å². The van der Waals surface area contributed by atoms with Crippen molar-refractivity contribution in [1.82, 2.24) is 15.5 Å². The average Bonchev–Trinajstić information content (AvgIpc) is 2.82. The fourth-order valence-corrected chi connectivity index (χ4v) is 4.16. The zero-order valence-electron chi connectivity index (χ0n) is 19.6. The molecule has 4 amide bonds. The summed E-state index contributed by atoms with van der Waals surface area (Å²) in [5.74, 6) is -0.115. The monoisotopic (exact) mass is 486 g/mol. The van der Waals surface area contributed by atoms with E-state index in [-0.39, 0.29) is 29.8 Å². The number of anilines is 1. The van der Waals surface area contributed by atoms with E-state index >= 15 is 0 Å². The summed E-state index contributed by atoms with van der Waals surface area (Å²) in [4.78, 5) is 40.3. The topological polar surface area (TPSA) is 99.8 Å². The maximum atomic E-state index is 13.0. The Bertz CT molecular complexity index is 1020. The van der Waals surface area contributed by atoms with Crippen LogP contribution in [0.5, 0.6) is 5.75 Å². The van der Waals surface area contributed by atoms with Crippen molar-refractivity contribution in [1.29, 1.82) is 0 Å². The molecule has 8 nitrogen and oxygen atoms in total. The molecule has 1 fully saturated rings. The van der Waals surface area contributed by atoms with Gasteiger partial charge in [-0.25, -0.2) is 4.79 Å². The van der Waals surface area contributed by atoms with Gasteiger partial charge < -0.3 is 25.6 Å². The van der Waals surface area contributed by atoms with Crippen molar-refractivity contribution in [2.45, 2.75) is 38.8 Å².